The van der Waals surface area contributed by atoms with Crippen molar-refractivity contribution >= 4 is 119 Å². The van der Waals surface area contributed by atoms with Crippen LogP contribution in [0.2, 0.25) is 0 Å². The van der Waals surface area contributed by atoms with Gasteiger partial charge < -0.3 is 35.9 Å². The Hall–Kier alpha value is -10.5. The summed E-state index contributed by atoms with van der Waals surface area (Å²) in [6, 6.07) is 59.8. The Morgan fingerprint density at radius 1 is 0.367 bits per heavy atom. The summed E-state index contributed by atoms with van der Waals surface area (Å²) in [5, 5.41) is 10.8. The fourth-order valence-electron chi connectivity index (χ4n) is 13.5. The minimum absolute atomic E-state index is 0.0260. The first-order valence-electron chi connectivity index (χ1n) is 33.6. The number of guanidine groups is 1. The number of benzene rings is 10. The third-order valence-corrected chi connectivity index (χ3v) is 18.7. The Labute approximate surface area is 570 Å². The lowest BCUT2D eigenvalue weighted by Crippen LogP contribution is -2.78. The molecule has 496 valence electrons. The number of quaternary nitrogens is 3. The maximum Gasteiger partial charge on any atom is 0.339 e. The number of rotatable bonds is 19. The molecule has 0 heterocycles. The van der Waals surface area contributed by atoms with E-state index in [-0.39, 0.29) is 34.9 Å². The van der Waals surface area contributed by atoms with Crippen LogP contribution in [0.5, 0.6) is 0 Å². The van der Waals surface area contributed by atoms with Crippen LogP contribution >= 0.6 is 0 Å². The second-order valence-corrected chi connectivity index (χ2v) is 24.6. The second kappa shape index (κ2) is 31.6. The number of ketones is 5. The van der Waals surface area contributed by atoms with Gasteiger partial charge in [-0.05, 0) is 106 Å². The molecular formula is C83H85N7O8+4. The first-order chi connectivity index (χ1) is 47.7. The van der Waals surface area contributed by atoms with E-state index in [1.807, 2.05) is 182 Å². The molecule has 13 N–H and O–H groups in total. The first-order valence-corrected chi connectivity index (χ1v) is 33.6. The Kier molecular flexibility index (Phi) is 22.2. The summed E-state index contributed by atoms with van der Waals surface area (Å²) in [7, 11) is 0. The van der Waals surface area contributed by atoms with Gasteiger partial charge in [0.25, 0.3) is 0 Å². The van der Waals surface area contributed by atoms with Crippen LogP contribution in [0.1, 0.15) is 100 Å². The van der Waals surface area contributed by atoms with Gasteiger partial charge in [0, 0.05) is 83.6 Å². The van der Waals surface area contributed by atoms with Crippen molar-refractivity contribution in [2.75, 3.05) is 92.0 Å². The maximum absolute atomic E-state index is 13.0. The van der Waals surface area contributed by atoms with Crippen LogP contribution in [0.3, 0.4) is 0 Å². The van der Waals surface area contributed by atoms with Gasteiger partial charge in [-0.15, -0.1) is 0 Å². The molecule has 10 aromatic carbocycles. The van der Waals surface area contributed by atoms with Crippen LogP contribution in [-0.4, -0.2) is 131 Å². The summed E-state index contributed by atoms with van der Waals surface area (Å²) < 4.78 is 17.3. The molecule has 0 atom stereocenters. The molecule has 0 spiro atoms. The van der Waals surface area contributed by atoms with Crippen LogP contribution in [0.15, 0.2) is 210 Å². The largest absolute Gasteiger partial charge is 0.374 e. The summed E-state index contributed by atoms with van der Waals surface area (Å²) in [6.07, 6.45) is 9.80. The highest BCUT2D eigenvalue weighted by molar-refractivity contribution is 6.26. The first kappa shape index (κ1) is 68.9. The zero-order valence-electron chi connectivity index (χ0n) is 56.0. The van der Waals surface area contributed by atoms with Crippen LogP contribution in [0, 0.1) is 0 Å². The summed E-state index contributed by atoms with van der Waals surface area (Å²) >= 11 is 0. The van der Waals surface area contributed by atoms with Gasteiger partial charge in [-0.25, -0.2) is 0 Å². The highest BCUT2D eigenvalue weighted by atomic mass is 16.5. The van der Waals surface area contributed by atoms with Crippen molar-refractivity contribution < 1.29 is 59.1 Å². The number of ether oxygens (including phenoxy) is 3. The van der Waals surface area contributed by atoms with Gasteiger partial charge in [0.15, 0.2) is 28.9 Å². The fraction of sp³-hybridized carbons (Fsp3) is 0.205. The van der Waals surface area contributed by atoms with Gasteiger partial charge in [-0.1, -0.05) is 182 Å². The quantitative estimate of drug-likeness (QED) is 0.0192. The van der Waals surface area contributed by atoms with Crippen molar-refractivity contribution in [3.05, 3.63) is 265 Å². The smallest absolute Gasteiger partial charge is 0.339 e. The van der Waals surface area contributed by atoms with E-state index in [4.69, 9.17) is 31.4 Å². The molecule has 0 bridgehead atoms. The van der Waals surface area contributed by atoms with Crippen molar-refractivity contribution in [2.45, 2.75) is 20.8 Å². The van der Waals surface area contributed by atoms with Crippen molar-refractivity contribution in [2.24, 2.45) is 17.2 Å². The Balaban J connectivity index is 0.000000124. The molecular weight excluding hydrogens is 1220 g/mol. The van der Waals surface area contributed by atoms with Gasteiger partial charge in [-0.2, -0.15) is 0 Å². The third kappa shape index (κ3) is 14.8. The van der Waals surface area contributed by atoms with Gasteiger partial charge in [0.05, 0.1) is 84.5 Å². The van der Waals surface area contributed by atoms with Crippen LogP contribution in [0.25, 0.3) is 84.2 Å². The lowest BCUT2D eigenvalue weighted by molar-refractivity contribution is -0.918. The molecule has 5 aliphatic rings. The third-order valence-electron chi connectivity index (χ3n) is 18.7. The molecule has 15 nitrogen and oxygen atoms in total. The minimum Gasteiger partial charge on any atom is -0.374 e. The second-order valence-electron chi connectivity index (χ2n) is 24.6. The molecule has 10 aromatic rings. The standard InChI is InChI=1S/C20H24NO.C18H19NO3.C16H15NO2.C15H13N3O.C14H11NO/c1-4-21(5-2,6-3)14-17-13-16-11-7-9-15-10-8-12-18(19(15)16)20(17)22;19-7-8-21-9-10-22-12-15-11-14-5-1-3-13-4-2-6-16(17(13)14)18(15)20;17-7-8-19-10-13-9-12-5-1-3-11-4-2-6-14(15(11)12)16(13)18;16-15(17)18-8-11-7-10-5-1-3-9-4-2-6-12(13(9)10)14(11)19;15-8-11-7-10-5-1-3-9-4-2-6-12(13(9)10)14(11)16/h7-13H,4-6,14H2,1-3H3;1-6,11H,7-10,12,19H2;1-6,9H,7-8,10,17H2;1-7H,8H2,(H4,16,17,18);1-7H,8,15H2/q+1;;;;/p+3. The summed E-state index contributed by atoms with van der Waals surface area (Å²) in [5.74, 6) is 0.550. The predicted molar refractivity (Wildman–Crippen MR) is 394 cm³/mol. The zero-order chi connectivity index (χ0) is 68.9. The Morgan fingerprint density at radius 3 is 0.980 bits per heavy atom. The number of hydrogen-bond acceptors (Lipinski definition) is 9. The molecule has 0 amide bonds. The van der Waals surface area contributed by atoms with Crippen molar-refractivity contribution in [1.82, 2.24) is 0 Å². The van der Waals surface area contributed by atoms with E-state index in [2.05, 4.69) is 67.6 Å². The average Bonchev–Trinajstić information content (AvgIpc) is 0.799. The molecule has 0 unspecified atom stereocenters. The summed E-state index contributed by atoms with van der Waals surface area (Å²) in [6.45, 7) is 15.7. The SMILES string of the molecule is CC[N+](CC)(CC)CC1=Cc2cccc3cccc(c23)C1=O.NC(N)=[NH+]CC1=Cc2cccc3cccc(c23)C1=O.NCC1=Cc2cccc3cccc(c23)C1=O.[NH3+]CCOCC1=Cc2cccc3cccc(c23)C1=O.[NH3+]CCOCCOCC1=Cc2cccc3cccc(c23)C1=O. The highest BCUT2D eigenvalue weighted by Crippen LogP contribution is 2.37. The Bertz CT molecular complexity index is 4920. The molecule has 0 fully saturated rings. The van der Waals surface area contributed by atoms with Crippen molar-refractivity contribution in [3.63, 3.8) is 0 Å². The number of nitrogens with one attached hydrogen (secondary N) is 1. The maximum atomic E-state index is 13.0. The molecule has 0 aromatic heterocycles. The summed E-state index contributed by atoms with van der Waals surface area (Å²) in [5.41, 5.74) is 36.9. The number of likely N-dealkylation sites (N-methyl/N-ethyl adjacent to an activating group) is 1. The molecule has 98 heavy (non-hydrogen) atoms. The van der Waals surface area contributed by atoms with Gasteiger partial charge in [0.1, 0.15) is 6.54 Å². The zero-order valence-corrected chi connectivity index (χ0v) is 56.0. The number of Topliss-reactive ketones (excluding diaryl/α,β-unsaturated/α-hetero) is 5. The van der Waals surface area contributed by atoms with Crippen LogP contribution in [0.4, 0.5) is 0 Å². The number of hydrogen-bond donors (Lipinski definition) is 6. The number of carbonyl (C=O) groups excluding carboxylic acids is 5. The monoisotopic (exact) mass is 1310 g/mol. The van der Waals surface area contributed by atoms with E-state index in [0.717, 1.165) is 152 Å². The predicted octanol–water partition coefficient (Wildman–Crippen LogP) is 9.82. The molecule has 0 saturated carbocycles. The lowest BCUT2D eigenvalue weighted by atomic mass is 9.87. The fourth-order valence-corrected chi connectivity index (χ4v) is 13.5. The van der Waals surface area contributed by atoms with E-state index in [1.165, 1.54) is 5.56 Å². The van der Waals surface area contributed by atoms with E-state index in [1.54, 1.807) is 0 Å². The molecule has 0 radical (unpaired) electrons. The van der Waals surface area contributed by atoms with E-state index in [9.17, 15) is 24.0 Å². The average molecular weight is 1310 g/mol. The number of carbonyl (C=O) groups is 5. The Morgan fingerprint density at radius 2 is 0.643 bits per heavy atom. The lowest BCUT2D eigenvalue weighted by Gasteiger charge is -2.36. The van der Waals surface area contributed by atoms with Gasteiger partial charge in [-0.3, -0.25) is 40.4 Å². The summed E-state index contributed by atoms with van der Waals surface area (Å²) in [4.78, 5) is 65.3. The van der Waals surface area contributed by atoms with Gasteiger partial charge in [0.2, 0.25) is 0 Å². The minimum atomic E-state index is 0.0260. The van der Waals surface area contributed by atoms with E-state index < -0.39 is 0 Å². The van der Waals surface area contributed by atoms with Crippen molar-refractivity contribution in [3.8, 4) is 0 Å². The van der Waals surface area contributed by atoms with Gasteiger partial charge >= 0.3 is 5.96 Å². The van der Waals surface area contributed by atoms with Crippen LogP contribution < -0.4 is 33.7 Å². The molecule has 5 aliphatic carbocycles. The highest BCUT2D eigenvalue weighted by Gasteiger charge is 2.31. The number of nitrogens with zero attached hydrogens (tertiary/aromatic N) is 1. The van der Waals surface area contributed by atoms with Crippen LogP contribution in [-0.2, 0) is 14.2 Å². The molecule has 15 heteroatoms. The molecule has 0 saturated heterocycles. The molecule has 15 rings (SSSR count). The normalized spacial score (nSPS) is 13.8. The number of nitrogens with two attached hydrogens (primary N) is 3. The molecule has 0 aliphatic heterocycles. The van der Waals surface area contributed by atoms with E-state index in [0.29, 0.717) is 76.0 Å². The topological polar surface area (TPSA) is 260 Å². The van der Waals surface area contributed by atoms with E-state index >= 15 is 0 Å². The van der Waals surface area contributed by atoms with Crippen molar-refractivity contribution in [1.29, 1.82) is 0 Å².